The van der Waals surface area contributed by atoms with Crippen LogP contribution < -0.4 is 10.2 Å². The first kappa shape index (κ1) is 17.0. The first-order valence-corrected chi connectivity index (χ1v) is 9.15. The Morgan fingerprint density at radius 3 is 2.85 bits per heavy atom. The molecule has 2 saturated heterocycles. The zero-order chi connectivity index (χ0) is 17.8. The lowest BCUT2D eigenvalue weighted by molar-refractivity contribution is -0.123. The van der Waals surface area contributed by atoms with Gasteiger partial charge in [0.15, 0.2) is 0 Å². The SMILES string of the molecule is O=C(C[C@@]12COC[C@@H]1CN(c1ncccn1)C2)NCCc1ccccc1. The van der Waals surface area contributed by atoms with Crippen LogP contribution in [0.4, 0.5) is 5.95 Å². The summed E-state index contributed by atoms with van der Waals surface area (Å²) >= 11 is 0. The van der Waals surface area contributed by atoms with E-state index in [9.17, 15) is 4.79 Å². The summed E-state index contributed by atoms with van der Waals surface area (Å²) < 4.78 is 5.73. The first-order valence-electron chi connectivity index (χ1n) is 9.15. The molecule has 2 aliphatic heterocycles. The van der Waals surface area contributed by atoms with Crippen molar-refractivity contribution in [1.82, 2.24) is 15.3 Å². The molecule has 2 fully saturated rings. The standard InChI is InChI=1S/C20H24N4O2/c25-18(21-10-7-16-5-2-1-3-6-16)11-20-14-24(12-17(20)13-26-15-20)19-22-8-4-9-23-19/h1-6,8-9,17H,7,10-15H2,(H,21,25)/t17-,20+/m0/s1. The van der Waals surface area contributed by atoms with Crippen molar-refractivity contribution < 1.29 is 9.53 Å². The number of carbonyl (C=O) groups is 1. The van der Waals surface area contributed by atoms with Crippen molar-refractivity contribution in [3.05, 3.63) is 54.4 Å². The van der Waals surface area contributed by atoms with Crippen LogP contribution in [0.5, 0.6) is 0 Å². The predicted molar refractivity (Wildman–Crippen MR) is 98.8 cm³/mol. The van der Waals surface area contributed by atoms with E-state index in [-0.39, 0.29) is 11.3 Å². The second kappa shape index (κ2) is 7.41. The monoisotopic (exact) mass is 352 g/mol. The van der Waals surface area contributed by atoms with E-state index in [1.165, 1.54) is 5.56 Å². The predicted octanol–water partition coefficient (Wildman–Crippen LogP) is 1.68. The molecular formula is C20H24N4O2. The number of benzene rings is 1. The molecule has 0 spiro atoms. The average molecular weight is 352 g/mol. The highest BCUT2D eigenvalue weighted by Gasteiger charge is 2.52. The number of anilines is 1. The molecule has 0 aliphatic carbocycles. The first-order chi connectivity index (χ1) is 12.8. The summed E-state index contributed by atoms with van der Waals surface area (Å²) in [5.74, 6) is 1.20. The van der Waals surface area contributed by atoms with Crippen molar-refractivity contribution in [1.29, 1.82) is 0 Å². The van der Waals surface area contributed by atoms with Crippen molar-refractivity contribution in [2.24, 2.45) is 11.3 Å². The van der Waals surface area contributed by atoms with E-state index in [2.05, 4.69) is 32.3 Å². The summed E-state index contributed by atoms with van der Waals surface area (Å²) in [4.78, 5) is 23.4. The van der Waals surface area contributed by atoms with Crippen molar-refractivity contribution in [2.75, 3.05) is 37.7 Å². The lowest BCUT2D eigenvalue weighted by atomic mass is 9.78. The summed E-state index contributed by atoms with van der Waals surface area (Å²) in [6.45, 7) is 3.62. The number of nitrogens with one attached hydrogen (secondary N) is 1. The normalized spacial score (nSPS) is 24.5. The van der Waals surface area contributed by atoms with Gasteiger partial charge in [0.25, 0.3) is 0 Å². The molecule has 6 heteroatoms. The third-order valence-electron chi connectivity index (χ3n) is 5.45. The van der Waals surface area contributed by atoms with Crippen LogP contribution in [-0.2, 0) is 16.0 Å². The fourth-order valence-corrected chi connectivity index (χ4v) is 4.06. The van der Waals surface area contributed by atoms with Crippen LogP contribution in [0.25, 0.3) is 0 Å². The molecule has 26 heavy (non-hydrogen) atoms. The molecule has 2 aliphatic rings. The average Bonchev–Trinajstić information content (AvgIpc) is 3.20. The van der Waals surface area contributed by atoms with E-state index in [1.54, 1.807) is 12.4 Å². The third-order valence-corrected chi connectivity index (χ3v) is 5.45. The van der Waals surface area contributed by atoms with E-state index in [0.29, 0.717) is 32.1 Å². The number of aromatic nitrogens is 2. The number of ether oxygens (including phenoxy) is 1. The van der Waals surface area contributed by atoms with Gasteiger partial charge in [-0.1, -0.05) is 30.3 Å². The maximum absolute atomic E-state index is 12.6. The Bertz CT molecular complexity index is 740. The summed E-state index contributed by atoms with van der Waals surface area (Å²) in [5.41, 5.74) is 1.11. The molecule has 0 bridgehead atoms. The third kappa shape index (κ3) is 3.55. The van der Waals surface area contributed by atoms with Crippen molar-refractivity contribution in [3.63, 3.8) is 0 Å². The number of hydrogen-bond donors (Lipinski definition) is 1. The van der Waals surface area contributed by atoms with Crippen LogP contribution in [0.1, 0.15) is 12.0 Å². The highest BCUT2D eigenvalue weighted by Crippen LogP contribution is 2.44. The van der Waals surface area contributed by atoms with Gasteiger partial charge >= 0.3 is 0 Å². The lowest BCUT2D eigenvalue weighted by Crippen LogP contribution is -2.38. The molecule has 4 rings (SSSR count). The van der Waals surface area contributed by atoms with Gasteiger partial charge in [0, 0.05) is 49.8 Å². The van der Waals surface area contributed by atoms with E-state index < -0.39 is 0 Å². The fraction of sp³-hybridized carbons (Fsp3) is 0.450. The van der Waals surface area contributed by atoms with Gasteiger partial charge in [0.1, 0.15) is 0 Å². The lowest BCUT2D eigenvalue weighted by Gasteiger charge is -2.26. The molecule has 0 radical (unpaired) electrons. The minimum atomic E-state index is -0.129. The molecule has 3 heterocycles. The second-order valence-corrected chi connectivity index (χ2v) is 7.27. The smallest absolute Gasteiger partial charge is 0.225 e. The zero-order valence-corrected chi connectivity index (χ0v) is 14.8. The Morgan fingerprint density at radius 2 is 2.04 bits per heavy atom. The number of amides is 1. The van der Waals surface area contributed by atoms with Gasteiger partial charge in [-0.25, -0.2) is 9.97 Å². The van der Waals surface area contributed by atoms with Crippen molar-refractivity contribution >= 4 is 11.9 Å². The molecule has 0 saturated carbocycles. The molecule has 1 aromatic heterocycles. The molecule has 136 valence electrons. The molecular weight excluding hydrogens is 328 g/mol. The largest absolute Gasteiger partial charge is 0.380 e. The summed E-state index contributed by atoms with van der Waals surface area (Å²) in [5, 5.41) is 3.08. The van der Waals surface area contributed by atoms with E-state index >= 15 is 0 Å². The van der Waals surface area contributed by atoms with E-state index in [4.69, 9.17) is 4.74 Å². The van der Waals surface area contributed by atoms with Crippen LogP contribution in [-0.4, -0.2) is 48.7 Å². The molecule has 6 nitrogen and oxygen atoms in total. The van der Waals surface area contributed by atoms with Gasteiger partial charge in [0.05, 0.1) is 13.2 Å². The summed E-state index contributed by atoms with van der Waals surface area (Å²) in [6, 6.07) is 12.0. The number of rotatable bonds is 6. The maximum atomic E-state index is 12.6. The van der Waals surface area contributed by atoms with Gasteiger partial charge < -0.3 is 15.0 Å². The zero-order valence-electron chi connectivity index (χ0n) is 14.8. The Morgan fingerprint density at radius 1 is 1.23 bits per heavy atom. The van der Waals surface area contributed by atoms with Gasteiger partial charge in [-0.3, -0.25) is 4.79 Å². The van der Waals surface area contributed by atoms with E-state index in [0.717, 1.165) is 25.5 Å². The number of fused-ring (bicyclic) bond motifs is 1. The second-order valence-electron chi connectivity index (χ2n) is 7.27. The van der Waals surface area contributed by atoms with Crippen LogP contribution in [0.15, 0.2) is 48.8 Å². The van der Waals surface area contributed by atoms with Gasteiger partial charge in [-0.2, -0.15) is 0 Å². The molecule has 2 aromatic rings. The molecule has 2 atom stereocenters. The molecule has 1 amide bonds. The Kier molecular flexibility index (Phi) is 4.84. The molecule has 1 N–H and O–H groups in total. The number of carbonyl (C=O) groups excluding carboxylic acids is 1. The number of hydrogen-bond acceptors (Lipinski definition) is 5. The van der Waals surface area contributed by atoms with Crippen LogP contribution in [0.3, 0.4) is 0 Å². The number of nitrogens with zero attached hydrogens (tertiary/aromatic N) is 3. The Balaban J connectivity index is 1.34. The summed E-state index contributed by atoms with van der Waals surface area (Å²) in [7, 11) is 0. The minimum Gasteiger partial charge on any atom is -0.380 e. The van der Waals surface area contributed by atoms with Crippen molar-refractivity contribution in [3.8, 4) is 0 Å². The Labute approximate surface area is 153 Å². The minimum absolute atomic E-state index is 0.104. The van der Waals surface area contributed by atoms with Crippen LogP contribution in [0, 0.1) is 11.3 Å². The Hall–Kier alpha value is -2.47. The quantitative estimate of drug-likeness (QED) is 0.857. The topological polar surface area (TPSA) is 67.3 Å². The summed E-state index contributed by atoms with van der Waals surface area (Å²) in [6.07, 6.45) is 4.87. The van der Waals surface area contributed by atoms with E-state index in [1.807, 2.05) is 24.3 Å². The highest BCUT2D eigenvalue weighted by molar-refractivity contribution is 5.77. The molecule has 1 aromatic carbocycles. The maximum Gasteiger partial charge on any atom is 0.225 e. The molecule has 0 unspecified atom stereocenters. The van der Waals surface area contributed by atoms with Gasteiger partial charge in [-0.15, -0.1) is 0 Å². The van der Waals surface area contributed by atoms with Crippen LogP contribution in [0.2, 0.25) is 0 Å². The van der Waals surface area contributed by atoms with Gasteiger partial charge in [0.2, 0.25) is 11.9 Å². The van der Waals surface area contributed by atoms with Crippen LogP contribution >= 0.6 is 0 Å². The van der Waals surface area contributed by atoms with Crippen molar-refractivity contribution in [2.45, 2.75) is 12.8 Å². The van der Waals surface area contributed by atoms with Gasteiger partial charge in [-0.05, 0) is 18.1 Å². The highest BCUT2D eigenvalue weighted by atomic mass is 16.5. The fourth-order valence-electron chi connectivity index (χ4n) is 4.06.